The number of hydrogen-bond acceptors (Lipinski definition) is 5. The van der Waals surface area contributed by atoms with Gasteiger partial charge in [-0.15, -0.1) is 0 Å². The van der Waals surface area contributed by atoms with Crippen molar-refractivity contribution < 1.29 is 22.7 Å². The van der Waals surface area contributed by atoms with Crippen LogP contribution < -0.4 is 19.1 Å². The van der Waals surface area contributed by atoms with E-state index >= 15 is 0 Å². The summed E-state index contributed by atoms with van der Waals surface area (Å²) >= 11 is 12.0. The van der Waals surface area contributed by atoms with Crippen molar-refractivity contribution in [1.82, 2.24) is 5.32 Å². The predicted molar refractivity (Wildman–Crippen MR) is 117 cm³/mol. The summed E-state index contributed by atoms with van der Waals surface area (Å²) in [6.45, 7) is 4.27. The van der Waals surface area contributed by atoms with Gasteiger partial charge in [-0.3, -0.25) is 9.10 Å². The van der Waals surface area contributed by atoms with Gasteiger partial charge in [0, 0.05) is 0 Å². The van der Waals surface area contributed by atoms with Gasteiger partial charge >= 0.3 is 0 Å². The molecule has 1 aliphatic rings. The molecule has 0 aromatic heterocycles. The molecule has 30 heavy (non-hydrogen) atoms. The molecule has 0 aliphatic carbocycles. The number of hydrogen-bond donors (Lipinski definition) is 1. The van der Waals surface area contributed by atoms with Crippen LogP contribution >= 0.6 is 23.2 Å². The Bertz CT molecular complexity index is 1060. The van der Waals surface area contributed by atoms with Crippen LogP contribution in [0.1, 0.15) is 25.5 Å². The van der Waals surface area contributed by atoms with E-state index < -0.39 is 22.0 Å². The van der Waals surface area contributed by atoms with Gasteiger partial charge in [-0.25, -0.2) is 8.42 Å². The third-order valence-electron chi connectivity index (χ3n) is 4.67. The molecule has 10 heteroatoms. The normalized spacial score (nSPS) is 15.2. The molecule has 2 aromatic carbocycles. The van der Waals surface area contributed by atoms with Crippen molar-refractivity contribution in [3.8, 4) is 11.5 Å². The lowest BCUT2D eigenvalue weighted by Crippen LogP contribution is -2.48. The monoisotopic (exact) mass is 472 g/mol. The van der Waals surface area contributed by atoms with Crippen LogP contribution in [0.4, 0.5) is 5.69 Å². The molecule has 2 atom stereocenters. The molecule has 1 amide bonds. The van der Waals surface area contributed by atoms with Gasteiger partial charge in [0.15, 0.2) is 11.5 Å². The first-order valence-corrected chi connectivity index (χ1v) is 11.8. The molecule has 7 nitrogen and oxygen atoms in total. The van der Waals surface area contributed by atoms with E-state index in [1.54, 1.807) is 19.1 Å². The van der Waals surface area contributed by atoms with Crippen molar-refractivity contribution in [2.75, 3.05) is 23.8 Å². The molecular weight excluding hydrogens is 451 g/mol. The number of sulfonamides is 1. The van der Waals surface area contributed by atoms with Crippen molar-refractivity contribution >= 4 is 44.8 Å². The Labute approximate surface area is 185 Å². The summed E-state index contributed by atoms with van der Waals surface area (Å²) in [5.74, 6) is 0.801. The molecule has 0 fully saturated rings. The van der Waals surface area contributed by atoms with E-state index in [2.05, 4.69) is 5.32 Å². The zero-order valence-corrected chi connectivity index (χ0v) is 19.0. The van der Waals surface area contributed by atoms with Crippen LogP contribution in [0, 0.1) is 0 Å². The third kappa shape index (κ3) is 4.94. The Morgan fingerprint density at radius 3 is 2.33 bits per heavy atom. The smallest absolute Gasteiger partial charge is 0.244 e. The second-order valence-corrected chi connectivity index (χ2v) is 9.64. The average molecular weight is 473 g/mol. The summed E-state index contributed by atoms with van der Waals surface area (Å²) in [5, 5.41) is 3.34. The summed E-state index contributed by atoms with van der Waals surface area (Å²) in [6.07, 6.45) is 1.03. The Kier molecular flexibility index (Phi) is 6.69. The molecule has 3 rings (SSSR count). The lowest BCUT2D eigenvalue weighted by atomic mass is 10.1. The number of ether oxygens (including phenoxy) is 2. The Hall–Kier alpha value is -2.16. The van der Waals surface area contributed by atoms with Gasteiger partial charge in [0.2, 0.25) is 15.9 Å². The average Bonchev–Trinajstić information content (AvgIpc) is 2.69. The van der Waals surface area contributed by atoms with Crippen LogP contribution in [-0.2, 0) is 14.8 Å². The Morgan fingerprint density at radius 2 is 1.70 bits per heavy atom. The van der Waals surface area contributed by atoms with Crippen LogP contribution in [0.15, 0.2) is 36.4 Å². The number of nitrogens with zero attached hydrogens (tertiary/aromatic N) is 1. The molecule has 1 aliphatic heterocycles. The predicted octanol–water partition coefficient (Wildman–Crippen LogP) is 3.80. The second-order valence-electron chi connectivity index (χ2n) is 6.97. The highest BCUT2D eigenvalue weighted by atomic mass is 35.5. The first kappa shape index (κ1) is 22.5. The third-order valence-corrected chi connectivity index (χ3v) is 6.65. The number of carbonyl (C=O) groups excluding carboxylic acids is 1. The van der Waals surface area contributed by atoms with Crippen molar-refractivity contribution in [1.29, 1.82) is 0 Å². The fourth-order valence-electron chi connectivity index (χ4n) is 3.18. The van der Waals surface area contributed by atoms with E-state index in [9.17, 15) is 13.2 Å². The minimum atomic E-state index is -3.77. The number of amides is 1. The van der Waals surface area contributed by atoms with Gasteiger partial charge in [-0.1, -0.05) is 29.3 Å². The van der Waals surface area contributed by atoms with Crippen LogP contribution in [0.3, 0.4) is 0 Å². The summed E-state index contributed by atoms with van der Waals surface area (Å²) < 4.78 is 37.0. The van der Waals surface area contributed by atoms with E-state index in [1.165, 1.54) is 25.1 Å². The maximum Gasteiger partial charge on any atom is 0.244 e. The highest BCUT2D eigenvalue weighted by Gasteiger charge is 2.30. The lowest BCUT2D eigenvalue weighted by Gasteiger charge is -2.29. The summed E-state index contributed by atoms with van der Waals surface area (Å²) in [5.41, 5.74) is 1.06. The second kappa shape index (κ2) is 8.91. The molecule has 0 spiro atoms. The molecule has 1 heterocycles. The summed E-state index contributed by atoms with van der Waals surface area (Å²) in [7, 11) is -3.77. The first-order chi connectivity index (χ1) is 14.1. The Balaban J connectivity index is 1.80. The number of anilines is 1. The zero-order valence-electron chi connectivity index (χ0n) is 16.7. The molecular formula is C20H22Cl2N2O5S. The quantitative estimate of drug-likeness (QED) is 0.690. The summed E-state index contributed by atoms with van der Waals surface area (Å²) in [6, 6.07) is 8.42. The zero-order chi connectivity index (χ0) is 22.1. The van der Waals surface area contributed by atoms with Gasteiger partial charge in [0.25, 0.3) is 0 Å². The molecule has 1 N–H and O–H groups in total. The number of carbonyl (C=O) groups is 1. The number of fused-ring (bicyclic) bond motifs is 1. The maximum absolute atomic E-state index is 12.9. The SMILES string of the molecule is C[C@H](NC(=O)[C@@H](C)N(c1ccc(Cl)c(Cl)c1)S(C)(=O)=O)c1ccc2c(c1)OCCO2. The van der Waals surface area contributed by atoms with Gasteiger partial charge in [-0.2, -0.15) is 0 Å². The Morgan fingerprint density at radius 1 is 1.03 bits per heavy atom. The summed E-state index contributed by atoms with van der Waals surface area (Å²) in [4.78, 5) is 12.9. The first-order valence-electron chi connectivity index (χ1n) is 9.22. The molecule has 2 aromatic rings. The van der Waals surface area contributed by atoms with Crippen molar-refractivity contribution in [2.45, 2.75) is 25.9 Å². The minimum absolute atomic E-state index is 0.195. The molecule has 0 unspecified atom stereocenters. The highest BCUT2D eigenvalue weighted by molar-refractivity contribution is 7.92. The number of nitrogens with one attached hydrogen (secondary N) is 1. The van der Waals surface area contributed by atoms with Gasteiger partial charge < -0.3 is 14.8 Å². The topological polar surface area (TPSA) is 84.9 Å². The standard InChI is InChI=1S/C20H22Cl2N2O5S/c1-12(14-4-7-18-19(10-14)29-9-8-28-18)23-20(25)13(2)24(30(3,26)27)15-5-6-16(21)17(22)11-15/h4-7,10-13H,8-9H2,1-3H3,(H,23,25)/t12-,13+/m0/s1. The van der Waals surface area contributed by atoms with E-state index in [0.717, 1.165) is 16.1 Å². The van der Waals surface area contributed by atoms with Crippen LogP contribution in [0.5, 0.6) is 11.5 Å². The van der Waals surface area contributed by atoms with E-state index in [0.29, 0.717) is 29.7 Å². The van der Waals surface area contributed by atoms with Crippen LogP contribution in [0.25, 0.3) is 0 Å². The van der Waals surface area contributed by atoms with E-state index in [-0.39, 0.29) is 16.8 Å². The number of benzene rings is 2. The van der Waals surface area contributed by atoms with Crippen molar-refractivity contribution in [3.05, 3.63) is 52.0 Å². The minimum Gasteiger partial charge on any atom is -0.486 e. The van der Waals surface area contributed by atoms with Crippen molar-refractivity contribution in [2.24, 2.45) is 0 Å². The molecule has 0 radical (unpaired) electrons. The van der Waals surface area contributed by atoms with Crippen LogP contribution in [-0.4, -0.2) is 39.8 Å². The van der Waals surface area contributed by atoms with E-state index in [4.69, 9.17) is 32.7 Å². The maximum atomic E-state index is 12.9. The van der Waals surface area contributed by atoms with Gasteiger partial charge in [0.1, 0.15) is 19.3 Å². The lowest BCUT2D eigenvalue weighted by molar-refractivity contribution is -0.122. The van der Waals surface area contributed by atoms with Crippen LogP contribution in [0.2, 0.25) is 10.0 Å². The fourth-order valence-corrected chi connectivity index (χ4v) is 4.64. The van der Waals surface area contributed by atoms with Crippen molar-refractivity contribution in [3.63, 3.8) is 0 Å². The highest BCUT2D eigenvalue weighted by Crippen LogP contribution is 2.33. The van der Waals surface area contributed by atoms with Gasteiger partial charge in [0.05, 0.1) is 28.0 Å². The number of halogens is 2. The van der Waals surface area contributed by atoms with E-state index in [1.807, 2.05) is 6.07 Å². The van der Waals surface area contributed by atoms with Gasteiger partial charge in [-0.05, 0) is 49.7 Å². The largest absolute Gasteiger partial charge is 0.486 e. The molecule has 0 bridgehead atoms. The molecule has 162 valence electrons. The molecule has 0 saturated heterocycles. The number of rotatable bonds is 6. The fraction of sp³-hybridized carbons (Fsp3) is 0.350. The molecule has 0 saturated carbocycles.